The van der Waals surface area contributed by atoms with Crippen molar-refractivity contribution >= 4 is 28.2 Å². The summed E-state index contributed by atoms with van der Waals surface area (Å²) < 4.78 is 48.7. The van der Waals surface area contributed by atoms with E-state index in [2.05, 4.69) is 9.62 Å². The molecule has 1 N–H and O–H groups in total. The molecule has 45 heavy (non-hydrogen) atoms. The zero-order valence-corrected chi connectivity index (χ0v) is 28.1. The number of methoxy groups -OCH3 is 1. The molecule has 0 bridgehead atoms. The number of carbonyl (C=O) groups is 3. The third kappa shape index (κ3) is 12.7. The van der Waals surface area contributed by atoms with Crippen molar-refractivity contribution in [2.75, 3.05) is 65.3 Å². The molecule has 2 heterocycles. The van der Waals surface area contributed by atoms with Gasteiger partial charge in [-0.1, -0.05) is 25.5 Å². The van der Waals surface area contributed by atoms with E-state index in [9.17, 15) is 22.8 Å². The van der Waals surface area contributed by atoms with Gasteiger partial charge >= 0.3 is 18.2 Å². The highest BCUT2D eigenvalue weighted by molar-refractivity contribution is 7.89. The molecule has 2 saturated heterocycles. The number of esters is 1. The summed E-state index contributed by atoms with van der Waals surface area (Å²) >= 11 is 0. The Balaban J connectivity index is 1.35. The maximum absolute atomic E-state index is 12.4. The van der Waals surface area contributed by atoms with Crippen molar-refractivity contribution < 1.29 is 41.7 Å². The maximum atomic E-state index is 12.4. The lowest BCUT2D eigenvalue weighted by atomic mass is 10.1. The van der Waals surface area contributed by atoms with Crippen LogP contribution in [0.5, 0.6) is 5.75 Å². The van der Waals surface area contributed by atoms with Gasteiger partial charge in [0, 0.05) is 32.7 Å². The van der Waals surface area contributed by atoms with Crippen molar-refractivity contribution in [3.63, 3.8) is 0 Å². The van der Waals surface area contributed by atoms with E-state index in [-0.39, 0.29) is 37.1 Å². The quantitative estimate of drug-likeness (QED) is 0.161. The number of benzene rings is 1. The first-order valence-electron chi connectivity index (χ1n) is 15.7. The summed E-state index contributed by atoms with van der Waals surface area (Å²) in [6.45, 7) is 12.5. The van der Waals surface area contributed by atoms with Gasteiger partial charge in [0.25, 0.3) is 0 Å². The van der Waals surface area contributed by atoms with Crippen LogP contribution in [0.4, 0.5) is 9.59 Å². The number of unbranched alkanes of at least 4 members (excludes halogenated alkanes) is 2. The standard InChI is InChI=1S/C31H50N4O9S/c1-6-7-20-45(39,40)32-27(28(36)41-5)21-24-10-12-25(13-11-24)42-23-26-22-35(29(37)43-26)15-9-8-14-33-16-18-34(19-17-33)30(38)44-31(2,3)4/h10-13,26-27,32H,6-9,14-23H2,1-5H3. The Morgan fingerprint density at radius 3 is 2.33 bits per heavy atom. The van der Waals surface area contributed by atoms with Gasteiger partial charge in [0.05, 0.1) is 19.4 Å². The number of sulfonamides is 1. The molecular formula is C31H50N4O9S. The summed E-state index contributed by atoms with van der Waals surface area (Å²) in [6, 6.07) is 5.96. The lowest BCUT2D eigenvalue weighted by Gasteiger charge is -2.35. The van der Waals surface area contributed by atoms with E-state index in [0.717, 1.165) is 44.5 Å². The first kappa shape index (κ1) is 36.4. The Bertz CT molecular complexity index is 1210. The molecular weight excluding hydrogens is 604 g/mol. The number of amides is 2. The van der Waals surface area contributed by atoms with Crippen LogP contribution in [0.2, 0.25) is 0 Å². The molecule has 14 heteroatoms. The van der Waals surface area contributed by atoms with Gasteiger partial charge in [-0.2, -0.15) is 0 Å². The SMILES string of the molecule is CCCCS(=O)(=O)NC(Cc1ccc(OCC2CN(CCCCN3CCN(C(=O)OC(C)(C)C)CC3)C(=O)O2)cc1)C(=O)OC. The van der Waals surface area contributed by atoms with Gasteiger partial charge in [-0.15, -0.1) is 0 Å². The van der Waals surface area contributed by atoms with Gasteiger partial charge in [0.2, 0.25) is 10.0 Å². The summed E-state index contributed by atoms with van der Waals surface area (Å²) in [7, 11) is -2.39. The highest BCUT2D eigenvalue weighted by atomic mass is 32.2. The Kier molecular flexibility index (Phi) is 13.7. The smallest absolute Gasteiger partial charge is 0.410 e. The van der Waals surface area contributed by atoms with E-state index in [4.69, 9.17) is 18.9 Å². The van der Waals surface area contributed by atoms with Crippen molar-refractivity contribution in [1.29, 1.82) is 0 Å². The zero-order valence-electron chi connectivity index (χ0n) is 27.3. The van der Waals surface area contributed by atoms with Gasteiger partial charge in [-0.05, 0) is 70.7 Å². The average molecular weight is 655 g/mol. The maximum Gasteiger partial charge on any atom is 0.410 e. The third-order valence-corrected chi connectivity index (χ3v) is 8.97. The topological polar surface area (TPSA) is 144 Å². The van der Waals surface area contributed by atoms with Crippen molar-refractivity contribution in [2.45, 2.75) is 77.5 Å². The van der Waals surface area contributed by atoms with Crippen molar-refractivity contribution in [1.82, 2.24) is 19.4 Å². The van der Waals surface area contributed by atoms with E-state index in [1.165, 1.54) is 7.11 Å². The minimum Gasteiger partial charge on any atom is -0.490 e. The van der Waals surface area contributed by atoms with Crippen molar-refractivity contribution in [2.24, 2.45) is 0 Å². The fourth-order valence-corrected chi connectivity index (χ4v) is 6.43. The van der Waals surface area contributed by atoms with E-state index in [1.807, 2.05) is 27.7 Å². The number of ether oxygens (including phenoxy) is 4. The molecule has 0 radical (unpaired) electrons. The lowest BCUT2D eigenvalue weighted by molar-refractivity contribution is -0.142. The molecule has 2 aliphatic rings. The van der Waals surface area contributed by atoms with E-state index in [0.29, 0.717) is 38.3 Å². The Morgan fingerprint density at radius 2 is 1.71 bits per heavy atom. The normalized spacial score (nSPS) is 18.4. The van der Waals surface area contributed by atoms with Crippen LogP contribution in [0.15, 0.2) is 24.3 Å². The second-order valence-corrected chi connectivity index (χ2v) is 14.4. The number of carbonyl (C=O) groups excluding carboxylic acids is 3. The summed E-state index contributed by atoms with van der Waals surface area (Å²) in [5, 5.41) is 0. The molecule has 0 aromatic heterocycles. The predicted octanol–water partition coefficient (Wildman–Crippen LogP) is 3.02. The molecule has 254 valence electrons. The van der Waals surface area contributed by atoms with Crippen LogP contribution in [0.1, 0.15) is 58.9 Å². The van der Waals surface area contributed by atoms with Crippen molar-refractivity contribution in [3.8, 4) is 5.75 Å². The molecule has 1 aromatic carbocycles. The van der Waals surface area contributed by atoms with Gasteiger partial charge in [-0.25, -0.2) is 22.7 Å². The first-order valence-corrected chi connectivity index (χ1v) is 17.4. The molecule has 2 aliphatic heterocycles. The highest BCUT2D eigenvalue weighted by Crippen LogP contribution is 2.18. The van der Waals surface area contributed by atoms with E-state index in [1.54, 1.807) is 34.1 Å². The molecule has 2 fully saturated rings. The summed E-state index contributed by atoms with van der Waals surface area (Å²) in [6.07, 6.45) is 2.14. The van der Waals surface area contributed by atoms with Crippen molar-refractivity contribution in [3.05, 3.63) is 29.8 Å². The number of rotatable bonds is 16. The second-order valence-electron chi connectivity index (χ2n) is 12.5. The van der Waals surface area contributed by atoms with Crippen LogP contribution in [-0.4, -0.2) is 124 Å². The largest absolute Gasteiger partial charge is 0.490 e. The lowest BCUT2D eigenvalue weighted by Crippen LogP contribution is -2.50. The van der Waals surface area contributed by atoms with Crippen LogP contribution >= 0.6 is 0 Å². The zero-order chi connectivity index (χ0) is 33.0. The Labute approximate surface area is 267 Å². The minimum atomic E-state index is -3.61. The van der Waals surface area contributed by atoms with Gasteiger partial charge in [0.15, 0.2) is 6.10 Å². The summed E-state index contributed by atoms with van der Waals surface area (Å²) in [5.41, 5.74) is 0.237. The molecule has 13 nitrogen and oxygen atoms in total. The molecule has 2 atom stereocenters. The molecule has 0 spiro atoms. The first-order chi connectivity index (χ1) is 21.3. The van der Waals surface area contributed by atoms with E-state index >= 15 is 0 Å². The number of nitrogens with zero attached hydrogens (tertiary/aromatic N) is 3. The minimum absolute atomic E-state index is 0.0524. The van der Waals surface area contributed by atoms with Crippen LogP contribution < -0.4 is 9.46 Å². The molecule has 1 aromatic rings. The van der Waals surface area contributed by atoms with Crippen LogP contribution in [-0.2, 0) is 35.4 Å². The average Bonchev–Trinajstić information content (AvgIpc) is 3.35. The van der Waals surface area contributed by atoms with E-state index < -0.39 is 27.6 Å². The van der Waals surface area contributed by atoms with Crippen LogP contribution in [0.3, 0.4) is 0 Å². The number of cyclic esters (lactones) is 1. The number of nitrogens with one attached hydrogen (secondary N) is 1. The fraction of sp³-hybridized carbons (Fsp3) is 0.710. The molecule has 3 rings (SSSR count). The third-order valence-electron chi connectivity index (χ3n) is 7.50. The van der Waals surface area contributed by atoms with Gasteiger partial charge in [0.1, 0.15) is 24.0 Å². The molecule has 0 aliphatic carbocycles. The monoisotopic (exact) mass is 654 g/mol. The van der Waals surface area contributed by atoms with Crippen LogP contribution in [0.25, 0.3) is 0 Å². The number of hydrogen-bond acceptors (Lipinski definition) is 10. The highest BCUT2D eigenvalue weighted by Gasteiger charge is 2.32. The van der Waals surface area contributed by atoms with Gasteiger partial charge in [-0.3, -0.25) is 9.69 Å². The van der Waals surface area contributed by atoms with Crippen LogP contribution in [0, 0.1) is 0 Å². The molecule has 2 amide bonds. The predicted molar refractivity (Wildman–Crippen MR) is 169 cm³/mol. The molecule has 0 saturated carbocycles. The molecule has 2 unspecified atom stereocenters. The summed E-state index contributed by atoms with van der Waals surface area (Å²) in [5.74, 6) is -0.136. The number of piperazine rings is 1. The Hall–Kier alpha value is -3.10. The second kappa shape index (κ2) is 17.0. The summed E-state index contributed by atoms with van der Waals surface area (Å²) in [4.78, 5) is 42.6. The number of hydrogen-bond donors (Lipinski definition) is 1. The van der Waals surface area contributed by atoms with Gasteiger partial charge < -0.3 is 28.7 Å². The fourth-order valence-electron chi connectivity index (χ4n) is 5.03. The Morgan fingerprint density at radius 1 is 1.04 bits per heavy atom.